The van der Waals surface area contributed by atoms with Gasteiger partial charge in [-0.3, -0.25) is 14.7 Å². The number of hydrogen-bond donors (Lipinski definition) is 2. The lowest BCUT2D eigenvalue weighted by molar-refractivity contribution is -0.116. The minimum Gasteiger partial charge on any atom is -0.308 e. The average molecular weight is 341 g/mol. The number of aromatic amines is 2. The molecule has 1 aliphatic heterocycles. The molecule has 2 aromatic heterocycles. The fourth-order valence-corrected chi connectivity index (χ4v) is 3.76. The normalized spacial score (nSPS) is 16.5. The number of anilines is 1. The summed E-state index contributed by atoms with van der Waals surface area (Å²) in [5.74, 6) is 0.214. The van der Waals surface area contributed by atoms with Crippen molar-refractivity contribution in [3.8, 4) is 0 Å². The molecular weight excluding hydrogens is 326 g/mol. The Balaban J connectivity index is 1.53. The van der Waals surface area contributed by atoms with E-state index in [0.717, 1.165) is 12.1 Å². The molecule has 1 amide bonds. The summed E-state index contributed by atoms with van der Waals surface area (Å²) in [5, 5.41) is 7.30. The van der Waals surface area contributed by atoms with Crippen LogP contribution >= 0.6 is 11.8 Å². The summed E-state index contributed by atoms with van der Waals surface area (Å²) in [5.41, 5.74) is 2.33. The van der Waals surface area contributed by atoms with E-state index in [9.17, 15) is 9.59 Å². The molecule has 122 valence electrons. The Hall–Kier alpha value is -2.61. The largest absolute Gasteiger partial charge is 0.308 e. The van der Waals surface area contributed by atoms with Gasteiger partial charge in [0.1, 0.15) is 5.39 Å². The number of benzene rings is 1. The van der Waals surface area contributed by atoms with Gasteiger partial charge in [-0.15, -0.1) is 0 Å². The Labute approximate surface area is 141 Å². The van der Waals surface area contributed by atoms with Crippen LogP contribution < -0.4 is 10.5 Å². The molecule has 0 bridgehead atoms. The van der Waals surface area contributed by atoms with Gasteiger partial charge in [0.25, 0.3) is 5.56 Å². The van der Waals surface area contributed by atoms with E-state index in [1.807, 2.05) is 30.0 Å². The molecule has 0 radical (unpaired) electrons. The van der Waals surface area contributed by atoms with Crippen LogP contribution in [0, 0.1) is 0 Å². The third kappa shape index (κ3) is 2.48. The zero-order valence-corrected chi connectivity index (χ0v) is 13.8. The van der Waals surface area contributed by atoms with E-state index in [1.54, 1.807) is 0 Å². The zero-order valence-electron chi connectivity index (χ0n) is 12.9. The van der Waals surface area contributed by atoms with Gasteiger partial charge >= 0.3 is 0 Å². The average Bonchev–Trinajstić information content (AvgIpc) is 3.16. The number of nitrogens with zero attached hydrogens (tertiary/aromatic N) is 3. The monoisotopic (exact) mass is 341 g/mol. The van der Waals surface area contributed by atoms with Crippen molar-refractivity contribution >= 4 is 34.4 Å². The number of aromatic nitrogens is 4. The number of amides is 1. The van der Waals surface area contributed by atoms with Gasteiger partial charge < -0.3 is 9.88 Å². The van der Waals surface area contributed by atoms with Crippen molar-refractivity contribution < 1.29 is 4.79 Å². The van der Waals surface area contributed by atoms with E-state index in [-0.39, 0.29) is 23.3 Å². The van der Waals surface area contributed by atoms with Crippen molar-refractivity contribution in [1.82, 2.24) is 20.2 Å². The van der Waals surface area contributed by atoms with Crippen LogP contribution in [0.25, 0.3) is 11.0 Å². The van der Waals surface area contributed by atoms with Crippen molar-refractivity contribution in [2.75, 3.05) is 10.7 Å². The van der Waals surface area contributed by atoms with E-state index in [4.69, 9.17) is 0 Å². The Morgan fingerprint density at radius 2 is 2.25 bits per heavy atom. The minimum absolute atomic E-state index is 0.00445. The van der Waals surface area contributed by atoms with E-state index >= 15 is 0 Å². The maximum atomic E-state index is 12.7. The summed E-state index contributed by atoms with van der Waals surface area (Å²) in [7, 11) is 0. The quantitative estimate of drug-likeness (QED) is 0.559. The number of H-pyrrole nitrogens is 2. The molecule has 3 heterocycles. The van der Waals surface area contributed by atoms with E-state index < -0.39 is 0 Å². The molecule has 1 atom stereocenters. The summed E-state index contributed by atoms with van der Waals surface area (Å²) in [6.07, 6.45) is 2.30. The Kier molecular flexibility index (Phi) is 3.61. The number of thioether (sulfide) groups is 1. The first-order valence-corrected chi connectivity index (χ1v) is 8.58. The summed E-state index contributed by atoms with van der Waals surface area (Å²) >= 11 is 1.22. The van der Waals surface area contributed by atoms with Crippen LogP contribution in [0.15, 0.2) is 40.4 Å². The van der Waals surface area contributed by atoms with Crippen molar-refractivity contribution in [1.29, 1.82) is 0 Å². The molecule has 1 aromatic carbocycles. The molecular formula is C16H15N5O2S. The molecule has 0 unspecified atom stereocenters. The molecule has 7 nitrogen and oxygen atoms in total. The van der Waals surface area contributed by atoms with Gasteiger partial charge in [0, 0.05) is 11.7 Å². The van der Waals surface area contributed by atoms with Crippen molar-refractivity contribution in [2.24, 2.45) is 0 Å². The standard InChI is InChI=1S/C16H15N5O2S/c1-9-6-10-4-2-3-5-12(10)21(9)13(22)8-24-16-18-14-11(7-17-20-14)15(23)19-16/h2-5,7,9H,6,8H2,1H3,(H2,17,18,19,20,23)/t9-/m1/s1. The number of carbonyl (C=O) groups excluding carboxylic acids is 1. The van der Waals surface area contributed by atoms with Crippen LogP contribution in [-0.2, 0) is 11.2 Å². The van der Waals surface area contributed by atoms with Crippen LogP contribution in [0.3, 0.4) is 0 Å². The highest BCUT2D eigenvalue weighted by molar-refractivity contribution is 7.99. The van der Waals surface area contributed by atoms with Gasteiger partial charge in [0.2, 0.25) is 5.91 Å². The molecule has 0 spiro atoms. The summed E-state index contributed by atoms with van der Waals surface area (Å²) in [6, 6.07) is 8.09. The van der Waals surface area contributed by atoms with E-state index in [0.29, 0.717) is 16.2 Å². The molecule has 0 aliphatic carbocycles. The maximum absolute atomic E-state index is 12.7. The first-order valence-electron chi connectivity index (χ1n) is 7.59. The zero-order chi connectivity index (χ0) is 16.7. The highest BCUT2D eigenvalue weighted by Gasteiger charge is 2.30. The number of carbonyl (C=O) groups is 1. The van der Waals surface area contributed by atoms with Gasteiger partial charge in [-0.2, -0.15) is 5.10 Å². The predicted octanol–water partition coefficient (Wildman–Crippen LogP) is 1.72. The Morgan fingerprint density at radius 1 is 1.42 bits per heavy atom. The van der Waals surface area contributed by atoms with Crippen LogP contribution in [0.1, 0.15) is 12.5 Å². The molecule has 0 saturated carbocycles. The van der Waals surface area contributed by atoms with Crippen LogP contribution in [0.5, 0.6) is 0 Å². The topological polar surface area (TPSA) is 94.7 Å². The molecule has 0 saturated heterocycles. The van der Waals surface area contributed by atoms with Crippen molar-refractivity contribution in [3.63, 3.8) is 0 Å². The lowest BCUT2D eigenvalue weighted by Gasteiger charge is -2.22. The van der Waals surface area contributed by atoms with Crippen molar-refractivity contribution in [3.05, 3.63) is 46.4 Å². The van der Waals surface area contributed by atoms with Crippen molar-refractivity contribution in [2.45, 2.75) is 24.5 Å². The van der Waals surface area contributed by atoms with Gasteiger partial charge in [-0.05, 0) is 25.0 Å². The van der Waals surface area contributed by atoms with Crippen LogP contribution in [0.2, 0.25) is 0 Å². The number of para-hydroxylation sites is 1. The molecule has 4 rings (SSSR count). The lowest BCUT2D eigenvalue weighted by atomic mass is 10.1. The van der Waals surface area contributed by atoms with Gasteiger partial charge in [-0.25, -0.2) is 4.98 Å². The molecule has 0 fully saturated rings. The second-order valence-corrected chi connectivity index (χ2v) is 6.70. The van der Waals surface area contributed by atoms with Gasteiger partial charge in [0.15, 0.2) is 10.8 Å². The number of rotatable bonds is 3. The SMILES string of the molecule is C[C@@H]1Cc2ccccc2N1C(=O)CSc1nc2[nH]ncc2c(=O)[nH]1. The number of nitrogens with one attached hydrogen (secondary N) is 2. The second-order valence-electron chi connectivity index (χ2n) is 5.74. The first kappa shape index (κ1) is 14.9. The highest BCUT2D eigenvalue weighted by atomic mass is 32.2. The maximum Gasteiger partial charge on any atom is 0.262 e. The lowest BCUT2D eigenvalue weighted by Crippen LogP contribution is -2.37. The minimum atomic E-state index is -0.261. The van der Waals surface area contributed by atoms with Gasteiger partial charge in [0.05, 0.1) is 11.9 Å². The Bertz CT molecular complexity index is 980. The third-order valence-corrected chi connectivity index (χ3v) is 4.96. The number of hydrogen-bond acceptors (Lipinski definition) is 5. The molecule has 8 heteroatoms. The third-order valence-electron chi connectivity index (χ3n) is 4.11. The molecule has 3 aromatic rings. The first-order chi connectivity index (χ1) is 11.6. The Morgan fingerprint density at radius 3 is 3.12 bits per heavy atom. The van der Waals surface area contributed by atoms with E-state index in [1.165, 1.54) is 23.5 Å². The molecule has 24 heavy (non-hydrogen) atoms. The van der Waals surface area contributed by atoms with Crippen LogP contribution in [-0.4, -0.2) is 37.9 Å². The van der Waals surface area contributed by atoms with Crippen LogP contribution in [0.4, 0.5) is 5.69 Å². The smallest absolute Gasteiger partial charge is 0.262 e. The predicted molar refractivity (Wildman–Crippen MR) is 92.3 cm³/mol. The van der Waals surface area contributed by atoms with Gasteiger partial charge in [-0.1, -0.05) is 30.0 Å². The molecule has 2 N–H and O–H groups in total. The summed E-state index contributed by atoms with van der Waals surface area (Å²) < 4.78 is 0. The fraction of sp³-hybridized carbons (Fsp3) is 0.250. The molecule has 1 aliphatic rings. The highest BCUT2D eigenvalue weighted by Crippen LogP contribution is 2.32. The summed E-state index contributed by atoms with van der Waals surface area (Å²) in [6.45, 7) is 2.04. The fourth-order valence-electron chi connectivity index (χ4n) is 3.04. The second kappa shape index (κ2) is 5.79. The number of fused-ring (bicyclic) bond motifs is 2. The summed E-state index contributed by atoms with van der Waals surface area (Å²) in [4.78, 5) is 33.4. The van der Waals surface area contributed by atoms with E-state index in [2.05, 4.69) is 26.2 Å².